The van der Waals surface area contributed by atoms with Crippen molar-refractivity contribution in [2.45, 2.75) is 77.6 Å². The lowest BCUT2D eigenvalue weighted by Gasteiger charge is -2.21. The number of carbonyl (C=O) groups excluding carboxylic acids is 2. The summed E-state index contributed by atoms with van der Waals surface area (Å²) in [7, 11) is 0. The van der Waals surface area contributed by atoms with Gasteiger partial charge in [0.15, 0.2) is 0 Å². The van der Waals surface area contributed by atoms with Crippen molar-refractivity contribution < 1.29 is 9.59 Å². The van der Waals surface area contributed by atoms with Crippen LogP contribution in [-0.4, -0.2) is 36.3 Å². The van der Waals surface area contributed by atoms with E-state index in [1.807, 2.05) is 4.90 Å². The first kappa shape index (κ1) is 18.0. The van der Waals surface area contributed by atoms with Gasteiger partial charge in [0.25, 0.3) is 0 Å². The molecule has 0 radical (unpaired) electrons. The van der Waals surface area contributed by atoms with Crippen LogP contribution in [0.25, 0.3) is 0 Å². The Kier molecular flexibility index (Phi) is 9.92. The Morgan fingerprint density at radius 1 is 0.857 bits per heavy atom. The molecule has 1 aliphatic heterocycles. The van der Waals surface area contributed by atoms with E-state index in [1.54, 1.807) is 6.92 Å². The maximum atomic E-state index is 11.7. The number of nitrogens with zero attached hydrogens (tertiary/aromatic N) is 1. The van der Waals surface area contributed by atoms with Crippen LogP contribution in [0.15, 0.2) is 0 Å². The summed E-state index contributed by atoms with van der Waals surface area (Å²) in [6.07, 6.45) is 12.5. The second kappa shape index (κ2) is 11.6. The van der Waals surface area contributed by atoms with Crippen LogP contribution in [0.5, 0.6) is 0 Å². The number of rotatable bonds is 0. The summed E-state index contributed by atoms with van der Waals surface area (Å²) in [5.41, 5.74) is 0. The van der Waals surface area contributed by atoms with Crippen LogP contribution >= 0.6 is 0 Å². The van der Waals surface area contributed by atoms with Gasteiger partial charge in [0, 0.05) is 33.0 Å². The summed E-state index contributed by atoms with van der Waals surface area (Å²) >= 11 is 0. The van der Waals surface area contributed by atoms with E-state index in [0.29, 0.717) is 13.0 Å². The Hall–Kier alpha value is -1.06. The molecule has 1 rings (SSSR count). The summed E-state index contributed by atoms with van der Waals surface area (Å²) in [4.78, 5) is 25.2. The third-order valence-corrected chi connectivity index (χ3v) is 4.20. The zero-order chi connectivity index (χ0) is 15.3. The fourth-order valence-electron chi connectivity index (χ4n) is 2.84. The van der Waals surface area contributed by atoms with Gasteiger partial charge in [-0.15, -0.1) is 0 Å². The summed E-state index contributed by atoms with van der Waals surface area (Å²) in [5, 5.41) is 2.96. The van der Waals surface area contributed by atoms with Gasteiger partial charge in [0.1, 0.15) is 0 Å². The smallest absolute Gasteiger partial charge is 0.219 e. The van der Waals surface area contributed by atoms with Crippen molar-refractivity contribution in [3.63, 3.8) is 0 Å². The van der Waals surface area contributed by atoms with Crippen LogP contribution in [0.4, 0.5) is 0 Å². The van der Waals surface area contributed by atoms with E-state index in [1.165, 1.54) is 44.9 Å². The van der Waals surface area contributed by atoms with Crippen LogP contribution < -0.4 is 5.32 Å². The molecule has 0 aromatic heterocycles. The van der Waals surface area contributed by atoms with Gasteiger partial charge in [-0.1, -0.05) is 44.9 Å². The molecule has 0 unspecified atom stereocenters. The van der Waals surface area contributed by atoms with E-state index < -0.39 is 0 Å². The first-order valence-corrected chi connectivity index (χ1v) is 8.72. The molecule has 0 saturated carbocycles. The first-order valence-electron chi connectivity index (χ1n) is 8.72. The average molecular weight is 296 g/mol. The minimum absolute atomic E-state index is 0.152. The highest BCUT2D eigenvalue weighted by molar-refractivity contribution is 5.75. The van der Waals surface area contributed by atoms with Crippen molar-refractivity contribution >= 4 is 11.8 Å². The summed E-state index contributed by atoms with van der Waals surface area (Å²) in [6, 6.07) is 0. The van der Waals surface area contributed by atoms with Gasteiger partial charge in [-0.2, -0.15) is 0 Å². The normalized spacial score (nSPS) is 21.4. The molecule has 0 aliphatic carbocycles. The Balaban J connectivity index is 2.34. The molecule has 1 fully saturated rings. The molecular weight excluding hydrogens is 264 g/mol. The number of amides is 2. The molecule has 1 heterocycles. The molecule has 0 spiro atoms. The third kappa shape index (κ3) is 9.48. The number of carbonyl (C=O) groups is 2. The number of hydrogen-bond donors (Lipinski definition) is 1. The van der Waals surface area contributed by atoms with Crippen molar-refractivity contribution in [3.05, 3.63) is 0 Å². The molecular formula is C17H32N2O2. The number of nitrogens with one attached hydrogen (secondary N) is 1. The fraction of sp³-hybridized carbons (Fsp3) is 0.882. The van der Waals surface area contributed by atoms with Crippen LogP contribution in [0, 0.1) is 0 Å². The predicted octanol–water partition coefficient (Wildman–Crippen LogP) is 3.26. The molecule has 2 amide bonds. The highest BCUT2D eigenvalue weighted by atomic mass is 16.2. The molecule has 0 atom stereocenters. The molecule has 4 nitrogen and oxygen atoms in total. The highest BCUT2D eigenvalue weighted by Crippen LogP contribution is 2.11. The SMILES string of the molecule is CC(=O)N1CCCCCCCCCCCC(=O)NCCC1. The third-order valence-electron chi connectivity index (χ3n) is 4.20. The zero-order valence-electron chi connectivity index (χ0n) is 13.7. The van der Waals surface area contributed by atoms with Gasteiger partial charge in [-0.25, -0.2) is 0 Å². The zero-order valence-corrected chi connectivity index (χ0v) is 13.7. The molecule has 1 aliphatic rings. The monoisotopic (exact) mass is 296 g/mol. The molecule has 1 saturated heterocycles. The van der Waals surface area contributed by atoms with E-state index in [2.05, 4.69) is 5.32 Å². The van der Waals surface area contributed by atoms with Gasteiger partial charge in [-0.05, 0) is 19.3 Å². The van der Waals surface area contributed by atoms with Crippen molar-refractivity contribution in [2.75, 3.05) is 19.6 Å². The van der Waals surface area contributed by atoms with E-state index >= 15 is 0 Å². The Morgan fingerprint density at radius 3 is 2.00 bits per heavy atom. The molecule has 0 aromatic carbocycles. The standard InChI is InChI=1S/C17H32N2O2/c1-16(20)19-14-10-8-6-4-2-3-5-7-9-12-17(21)18-13-11-15-19/h2-15H2,1H3,(H,18,21). The quantitative estimate of drug-likeness (QED) is 0.746. The largest absolute Gasteiger partial charge is 0.356 e. The van der Waals surface area contributed by atoms with Crippen molar-refractivity contribution in [1.29, 1.82) is 0 Å². The minimum atomic E-state index is 0.152. The van der Waals surface area contributed by atoms with Crippen molar-refractivity contribution in [1.82, 2.24) is 10.2 Å². The van der Waals surface area contributed by atoms with E-state index in [-0.39, 0.29) is 11.8 Å². The summed E-state index contributed by atoms with van der Waals surface area (Å²) in [5.74, 6) is 0.313. The van der Waals surface area contributed by atoms with Crippen LogP contribution in [0.3, 0.4) is 0 Å². The highest BCUT2D eigenvalue weighted by Gasteiger charge is 2.08. The topological polar surface area (TPSA) is 49.4 Å². The minimum Gasteiger partial charge on any atom is -0.356 e. The van der Waals surface area contributed by atoms with Gasteiger partial charge in [0.05, 0.1) is 0 Å². The van der Waals surface area contributed by atoms with Crippen LogP contribution in [0.2, 0.25) is 0 Å². The van der Waals surface area contributed by atoms with Gasteiger partial charge < -0.3 is 10.2 Å². The lowest BCUT2D eigenvalue weighted by Crippen LogP contribution is -2.33. The molecule has 21 heavy (non-hydrogen) atoms. The number of hydrogen-bond acceptors (Lipinski definition) is 2. The van der Waals surface area contributed by atoms with Crippen molar-refractivity contribution in [3.8, 4) is 0 Å². The van der Waals surface area contributed by atoms with E-state index in [0.717, 1.165) is 32.4 Å². The van der Waals surface area contributed by atoms with Crippen LogP contribution in [0.1, 0.15) is 77.6 Å². The maximum Gasteiger partial charge on any atom is 0.219 e. The molecule has 122 valence electrons. The van der Waals surface area contributed by atoms with E-state index in [4.69, 9.17) is 0 Å². The fourth-order valence-corrected chi connectivity index (χ4v) is 2.84. The predicted molar refractivity (Wildman–Crippen MR) is 86.1 cm³/mol. The summed E-state index contributed by atoms with van der Waals surface area (Å²) in [6.45, 7) is 3.95. The molecule has 0 aromatic rings. The second-order valence-corrected chi connectivity index (χ2v) is 6.14. The molecule has 0 bridgehead atoms. The van der Waals surface area contributed by atoms with Gasteiger partial charge in [0.2, 0.25) is 11.8 Å². The lowest BCUT2D eigenvalue weighted by atomic mass is 10.1. The van der Waals surface area contributed by atoms with Crippen molar-refractivity contribution in [2.24, 2.45) is 0 Å². The maximum absolute atomic E-state index is 11.7. The average Bonchev–Trinajstić information content (AvgIpc) is 2.45. The molecule has 4 heteroatoms. The molecule has 1 N–H and O–H groups in total. The van der Waals surface area contributed by atoms with Gasteiger partial charge in [-0.3, -0.25) is 9.59 Å². The van der Waals surface area contributed by atoms with Gasteiger partial charge >= 0.3 is 0 Å². The Morgan fingerprint density at radius 2 is 1.38 bits per heavy atom. The Bertz CT molecular complexity index is 305. The Labute approximate surface area is 129 Å². The second-order valence-electron chi connectivity index (χ2n) is 6.14. The summed E-state index contributed by atoms with van der Waals surface area (Å²) < 4.78 is 0. The first-order chi connectivity index (χ1) is 10.2. The van der Waals surface area contributed by atoms with E-state index in [9.17, 15) is 9.59 Å². The lowest BCUT2D eigenvalue weighted by molar-refractivity contribution is -0.129. The van der Waals surface area contributed by atoms with Crippen LogP contribution in [-0.2, 0) is 9.59 Å².